The van der Waals surface area contributed by atoms with Crippen molar-refractivity contribution in [2.45, 2.75) is 13.0 Å². The van der Waals surface area contributed by atoms with Gasteiger partial charge in [-0.05, 0) is 6.92 Å². The van der Waals surface area contributed by atoms with Crippen LogP contribution in [0.2, 0.25) is 0 Å². The molecule has 0 rings (SSSR count). The second-order valence-corrected chi connectivity index (χ2v) is 1.13. The van der Waals surface area contributed by atoms with E-state index in [4.69, 9.17) is 10.8 Å². The van der Waals surface area contributed by atoms with Crippen molar-refractivity contribution in [2.75, 3.05) is 0 Å². The SMILES string of the molecule is CC(N)C(=O)O.[Ti]. The number of carboxylic acid groups (broad SMARTS) is 1. The molecule has 0 radical (unpaired) electrons. The fourth-order valence-electron chi connectivity index (χ4n) is 0. The second kappa shape index (κ2) is 4.31. The summed E-state index contributed by atoms with van der Waals surface area (Å²) in [7, 11) is 0. The molecule has 0 aliphatic rings. The van der Waals surface area contributed by atoms with Crippen molar-refractivity contribution in [1.82, 2.24) is 0 Å². The van der Waals surface area contributed by atoms with Crippen molar-refractivity contribution >= 4 is 5.97 Å². The Morgan fingerprint density at radius 3 is 2.00 bits per heavy atom. The summed E-state index contributed by atoms with van der Waals surface area (Å²) in [5, 5.41) is 7.87. The Hall–Kier alpha value is 0.144. The fraction of sp³-hybridized carbons (Fsp3) is 0.667. The largest absolute Gasteiger partial charge is 0.480 e. The van der Waals surface area contributed by atoms with Crippen LogP contribution in [0.4, 0.5) is 0 Å². The molecule has 0 fully saturated rings. The Labute approximate surface area is 56.8 Å². The first-order valence-corrected chi connectivity index (χ1v) is 1.63. The van der Waals surface area contributed by atoms with Crippen LogP contribution in [0, 0.1) is 0 Å². The Morgan fingerprint density at radius 1 is 1.86 bits per heavy atom. The minimum absolute atomic E-state index is 0. The zero-order valence-electron chi connectivity index (χ0n) is 4.01. The van der Waals surface area contributed by atoms with Crippen LogP contribution in [-0.2, 0) is 26.5 Å². The number of rotatable bonds is 1. The maximum absolute atomic E-state index is 9.57. The maximum atomic E-state index is 9.57. The minimum Gasteiger partial charge on any atom is -0.480 e. The average molecular weight is 137 g/mol. The van der Waals surface area contributed by atoms with Gasteiger partial charge in [-0.2, -0.15) is 0 Å². The van der Waals surface area contributed by atoms with E-state index in [1.807, 2.05) is 0 Å². The zero-order chi connectivity index (χ0) is 5.15. The molecule has 3 N–H and O–H groups in total. The van der Waals surface area contributed by atoms with Crippen LogP contribution in [-0.4, -0.2) is 17.1 Å². The van der Waals surface area contributed by atoms with Gasteiger partial charge in [0.15, 0.2) is 0 Å². The molecule has 0 aliphatic carbocycles. The van der Waals surface area contributed by atoms with Crippen LogP contribution in [0.15, 0.2) is 0 Å². The number of carboxylic acids is 1. The van der Waals surface area contributed by atoms with Gasteiger partial charge in [-0.1, -0.05) is 0 Å². The number of hydrogen-bond acceptors (Lipinski definition) is 2. The van der Waals surface area contributed by atoms with Crippen molar-refractivity contribution < 1.29 is 31.6 Å². The topological polar surface area (TPSA) is 63.3 Å². The zero-order valence-corrected chi connectivity index (χ0v) is 5.57. The maximum Gasteiger partial charge on any atom is 0.320 e. The van der Waals surface area contributed by atoms with E-state index in [-0.39, 0.29) is 21.7 Å². The van der Waals surface area contributed by atoms with Crippen molar-refractivity contribution in [3.63, 3.8) is 0 Å². The molecule has 1 atom stereocenters. The normalized spacial score (nSPS) is 11.7. The van der Waals surface area contributed by atoms with E-state index in [0.717, 1.165) is 0 Å². The van der Waals surface area contributed by atoms with Crippen LogP contribution in [0.25, 0.3) is 0 Å². The molecule has 0 aromatic carbocycles. The molecule has 0 amide bonds. The first-order chi connectivity index (χ1) is 2.64. The van der Waals surface area contributed by atoms with Gasteiger partial charge in [0, 0.05) is 21.7 Å². The number of aliphatic carboxylic acids is 1. The molecular formula is C3H7NO2Ti. The monoisotopic (exact) mass is 137 g/mol. The first-order valence-electron chi connectivity index (χ1n) is 1.63. The van der Waals surface area contributed by atoms with E-state index in [1.165, 1.54) is 6.92 Å². The molecule has 0 aromatic heterocycles. The van der Waals surface area contributed by atoms with E-state index in [1.54, 1.807) is 0 Å². The van der Waals surface area contributed by atoms with Crippen LogP contribution in [0.1, 0.15) is 6.92 Å². The van der Waals surface area contributed by atoms with E-state index >= 15 is 0 Å². The Morgan fingerprint density at radius 2 is 2.00 bits per heavy atom. The summed E-state index contributed by atoms with van der Waals surface area (Å²) in [6.45, 7) is 1.42. The molecular weight excluding hydrogens is 130 g/mol. The quantitative estimate of drug-likeness (QED) is 0.475. The molecule has 0 saturated carbocycles. The van der Waals surface area contributed by atoms with Gasteiger partial charge in [0.25, 0.3) is 0 Å². The number of carbonyl (C=O) groups is 1. The van der Waals surface area contributed by atoms with Crippen LogP contribution >= 0.6 is 0 Å². The summed E-state index contributed by atoms with van der Waals surface area (Å²) in [6.07, 6.45) is 0. The third-order valence-electron chi connectivity index (χ3n) is 0.390. The summed E-state index contributed by atoms with van der Waals surface area (Å²) in [6, 6.07) is -0.731. The molecule has 0 heterocycles. The van der Waals surface area contributed by atoms with Crippen molar-refractivity contribution in [3.05, 3.63) is 0 Å². The molecule has 4 heteroatoms. The molecule has 0 bridgehead atoms. The predicted octanol–water partition coefficient (Wildman–Crippen LogP) is -0.584. The van der Waals surface area contributed by atoms with Crippen molar-refractivity contribution in [1.29, 1.82) is 0 Å². The Kier molecular flexibility index (Phi) is 6.27. The molecule has 0 spiro atoms. The van der Waals surface area contributed by atoms with Crippen LogP contribution in [0.3, 0.4) is 0 Å². The van der Waals surface area contributed by atoms with E-state index in [0.29, 0.717) is 0 Å². The van der Waals surface area contributed by atoms with Gasteiger partial charge >= 0.3 is 5.97 Å². The van der Waals surface area contributed by atoms with Gasteiger partial charge in [0.1, 0.15) is 6.04 Å². The van der Waals surface area contributed by atoms with Gasteiger partial charge in [0.2, 0.25) is 0 Å². The van der Waals surface area contributed by atoms with Gasteiger partial charge in [-0.15, -0.1) is 0 Å². The fourth-order valence-corrected chi connectivity index (χ4v) is 0. The van der Waals surface area contributed by atoms with Gasteiger partial charge < -0.3 is 10.8 Å². The third-order valence-corrected chi connectivity index (χ3v) is 0.390. The van der Waals surface area contributed by atoms with E-state index < -0.39 is 12.0 Å². The molecule has 0 saturated heterocycles. The van der Waals surface area contributed by atoms with E-state index in [2.05, 4.69) is 0 Å². The van der Waals surface area contributed by atoms with E-state index in [9.17, 15) is 4.79 Å². The Balaban J connectivity index is 0. The predicted molar refractivity (Wildman–Crippen MR) is 21.3 cm³/mol. The second-order valence-electron chi connectivity index (χ2n) is 1.13. The molecule has 0 aliphatic heterocycles. The molecule has 1 unspecified atom stereocenters. The number of nitrogens with two attached hydrogens (primary N) is 1. The molecule has 7 heavy (non-hydrogen) atoms. The minimum atomic E-state index is -0.963. The van der Waals surface area contributed by atoms with Gasteiger partial charge in [0.05, 0.1) is 0 Å². The van der Waals surface area contributed by atoms with Gasteiger partial charge in [-0.25, -0.2) is 0 Å². The smallest absolute Gasteiger partial charge is 0.320 e. The number of hydrogen-bond donors (Lipinski definition) is 2. The van der Waals surface area contributed by atoms with Crippen molar-refractivity contribution in [3.8, 4) is 0 Å². The summed E-state index contributed by atoms with van der Waals surface area (Å²) in [4.78, 5) is 9.57. The standard InChI is InChI=1S/C3H7NO2.Ti/c1-2(4)3(5)6;/h2H,4H2,1H3,(H,5,6);. The van der Waals surface area contributed by atoms with Crippen LogP contribution < -0.4 is 5.73 Å². The first kappa shape index (κ1) is 10.2. The summed E-state index contributed by atoms with van der Waals surface area (Å²) >= 11 is 0. The Bertz CT molecular complexity index is 64.0. The van der Waals surface area contributed by atoms with Crippen molar-refractivity contribution in [2.24, 2.45) is 5.73 Å². The molecule has 3 nitrogen and oxygen atoms in total. The average Bonchev–Trinajstić information content (AvgIpc) is 1.36. The summed E-state index contributed by atoms with van der Waals surface area (Å²) < 4.78 is 0. The molecule has 40 valence electrons. The van der Waals surface area contributed by atoms with Crippen LogP contribution in [0.5, 0.6) is 0 Å². The molecule has 0 aromatic rings. The summed E-state index contributed by atoms with van der Waals surface area (Å²) in [5.74, 6) is -0.963. The summed E-state index contributed by atoms with van der Waals surface area (Å²) in [5.41, 5.74) is 4.84. The van der Waals surface area contributed by atoms with Gasteiger partial charge in [-0.3, -0.25) is 4.79 Å². The third kappa shape index (κ3) is 6.14.